The lowest BCUT2D eigenvalue weighted by Crippen LogP contribution is -2.12. The highest BCUT2D eigenvalue weighted by Gasteiger charge is 2.02. The Morgan fingerprint density at radius 3 is 2.84 bits per heavy atom. The molecule has 0 aliphatic rings. The standard InChI is InChI=1S/C15H15N3S/c1-11-18-10-14(19-11)9-16-8-13-5-2-4-12-6-3-7-17-15(12)13/h2-7,10,16H,8-9H2,1H3. The zero-order chi connectivity index (χ0) is 13.1. The van der Waals surface area contributed by atoms with Crippen molar-refractivity contribution in [2.45, 2.75) is 20.0 Å². The first kappa shape index (κ1) is 12.3. The van der Waals surface area contributed by atoms with Crippen LogP contribution in [-0.4, -0.2) is 9.97 Å². The third-order valence-corrected chi connectivity index (χ3v) is 3.91. The predicted octanol–water partition coefficient (Wildman–Crippen LogP) is 3.29. The second kappa shape index (κ2) is 5.47. The Hall–Kier alpha value is -1.78. The van der Waals surface area contributed by atoms with E-state index in [0.29, 0.717) is 0 Å². The zero-order valence-corrected chi connectivity index (χ0v) is 11.6. The van der Waals surface area contributed by atoms with Gasteiger partial charge in [-0.05, 0) is 18.6 Å². The number of para-hydroxylation sites is 1. The molecule has 19 heavy (non-hydrogen) atoms. The van der Waals surface area contributed by atoms with E-state index in [4.69, 9.17) is 0 Å². The minimum atomic E-state index is 0.825. The smallest absolute Gasteiger partial charge is 0.0897 e. The van der Waals surface area contributed by atoms with Crippen LogP contribution in [0.1, 0.15) is 15.4 Å². The van der Waals surface area contributed by atoms with E-state index in [-0.39, 0.29) is 0 Å². The van der Waals surface area contributed by atoms with E-state index in [2.05, 4.69) is 39.6 Å². The molecule has 4 heteroatoms. The molecule has 3 rings (SSSR count). The van der Waals surface area contributed by atoms with Crippen LogP contribution in [0.25, 0.3) is 10.9 Å². The van der Waals surface area contributed by atoms with E-state index in [0.717, 1.165) is 23.6 Å². The van der Waals surface area contributed by atoms with Crippen LogP contribution in [-0.2, 0) is 13.1 Å². The van der Waals surface area contributed by atoms with E-state index in [1.54, 1.807) is 11.3 Å². The van der Waals surface area contributed by atoms with Crippen LogP contribution in [0.4, 0.5) is 0 Å². The first-order valence-electron chi connectivity index (χ1n) is 6.27. The Kier molecular flexibility index (Phi) is 3.53. The molecular formula is C15H15N3S. The van der Waals surface area contributed by atoms with Crippen LogP contribution in [0.3, 0.4) is 0 Å². The van der Waals surface area contributed by atoms with Crippen LogP contribution in [0.2, 0.25) is 0 Å². The highest BCUT2D eigenvalue weighted by atomic mass is 32.1. The molecule has 96 valence electrons. The molecule has 3 aromatic rings. The largest absolute Gasteiger partial charge is 0.308 e. The van der Waals surface area contributed by atoms with Gasteiger partial charge in [-0.15, -0.1) is 11.3 Å². The maximum absolute atomic E-state index is 4.46. The van der Waals surface area contributed by atoms with Gasteiger partial charge in [-0.3, -0.25) is 4.98 Å². The van der Waals surface area contributed by atoms with Gasteiger partial charge in [0.15, 0.2) is 0 Å². The van der Waals surface area contributed by atoms with Crippen molar-refractivity contribution in [1.29, 1.82) is 0 Å². The minimum absolute atomic E-state index is 0.825. The normalized spacial score (nSPS) is 11.0. The first-order chi connectivity index (χ1) is 9.33. The van der Waals surface area contributed by atoms with Gasteiger partial charge >= 0.3 is 0 Å². The van der Waals surface area contributed by atoms with Crippen molar-refractivity contribution in [2.75, 3.05) is 0 Å². The average molecular weight is 269 g/mol. The molecule has 1 aromatic carbocycles. The lowest BCUT2D eigenvalue weighted by atomic mass is 10.1. The van der Waals surface area contributed by atoms with Crippen molar-refractivity contribution in [3.8, 4) is 0 Å². The summed E-state index contributed by atoms with van der Waals surface area (Å²) in [4.78, 5) is 9.99. The lowest BCUT2D eigenvalue weighted by Gasteiger charge is -2.06. The van der Waals surface area contributed by atoms with Crippen molar-refractivity contribution in [3.05, 3.63) is 58.2 Å². The minimum Gasteiger partial charge on any atom is -0.308 e. The summed E-state index contributed by atoms with van der Waals surface area (Å²) in [6, 6.07) is 10.4. The molecule has 0 radical (unpaired) electrons. The highest BCUT2D eigenvalue weighted by molar-refractivity contribution is 7.11. The third-order valence-electron chi connectivity index (χ3n) is 3.00. The van der Waals surface area contributed by atoms with Crippen molar-refractivity contribution in [1.82, 2.24) is 15.3 Å². The maximum Gasteiger partial charge on any atom is 0.0897 e. The first-order valence-corrected chi connectivity index (χ1v) is 7.09. The van der Waals surface area contributed by atoms with Gasteiger partial charge in [0, 0.05) is 35.7 Å². The van der Waals surface area contributed by atoms with Crippen LogP contribution >= 0.6 is 11.3 Å². The summed E-state index contributed by atoms with van der Waals surface area (Å²) in [5.74, 6) is 0. The van der Waals surface area contributed by atoms with Gasteiger partial charge in [-0.1, -0.05) is 24.3 Å². The Morgan fingerprint density at radius 1 is 1.11 bits per heavy atom. The molecule has 0 aliphatic carbocycles. The molecule has 0 aliphatic heterocycles. The van der Waals surface area contributed by atoms with Crippen molar-refractivity contribution >= 4 is 22.2 Å². The van der Waals surface area contributed by atoms with Gasteiger partial charge in [0.25, 0.3) is 0 Å². The second-order valence-electron chi connectivity index (χ2n) is 4.44. The van der Waals surface area contributed by atoms with Gasteiger partial charge in [0.1, 0.15) is 0 Å². The topological polar surface area (TPSA) is 37.8 Å². The Bertz CT molecular complexity index is 685. The third kappa shape index (κ3) is 2.80. The number of fused-ring (bicyclic) bond motifs is 1. The average Bonchev–Trinajstić information content (AvgIpc) is 2.85. The molecule has 1 N–H and O–H groups in total. The molecule has 0 fully saturated rings. The fraction of sp³-hybridized carbons (Fsp3) is 0.200. The summed E-state index contributed by atoms with van der Waals surface area (Å²) in [6.07, 6.45) is 3.78. The van der Waals surface area contributed by atoms with Crippen LogP contribution in [0, 0.1) is 6.92 Å². The van der Waals surface area contributed by atoms with Crippen molar-refractivity contribution in [2.24, 2.45) is 0 Å². The number of nitrogens with zero attached hydrogens (tertiary/aromatic N) is 2. The number of thiazole rings is 1. The monoisotopic (exact) mass is 269 g/mol. The summed E-state index contributed by atoms with van der Waals surface area (Å²) >= 11 is 1.74. The number of aromatic nitrogens is 2. The van der Waals surface area contributed by atoms with E-state index in [1.165, 1.54) is 15.8 Å². The SMILES string of the molecule is Cc1ncc(CNCc2cccc3cccnc23)s1. The lowest BCUT2D eigenvalue weighted by molar-refractivity contribution is 0.702. The van der Waals surface area contributed by atoms with Gasteiger partial charge in [0.2, 0.25) is 0 Å². The highest BCUT2D eigenvalue weighted by Crippen LogP contribution is 2.16. The molecule has 0 spiro atoms. The molecule has 0 saturated carbocycles. The van der Waals surface area contributed by atoms with E-state index >= 15 is 0 Å². The Balaban J connectivity index is 1.71. The van der Waals surface area contributed by atoms with Crippen molar-refractivity contribution in [3.63, 3.8) is 0 Å². The molecule has 0 unspecified atom stereocenters. The fourth-order valence-corrected chi connectivity index (χ4v) is 2.88. The molecule has 3 nitrogen and oxygen atoms in total. The molecule has 0 atom stereocenters. The zero-order valence-electron chi connectivity index (χ0n) is 10.8. The van der Waals surface area contributed by atoms with Gasteiger partial charge in [0.05, 0.1) is 10.5 Å². The number of pyridine rings is 1. The Labute approximate surface area is 116 Å². The number of nitrogens with one attached hydrogen (secondary N) is 1. The van der Waals surface area contributed by atoms with Crippen LogP contribution in [0.15, 0.2) is 42.7 Å². The molecule has 0 saturated heterocycles. The summed E-state index contributed by atoms with van der Waals surface area (Å²) < 4.78 is 0. The number of benzene rings is 1. The number of hydrogen-bond acceptors (Lipinski definition) is 4. The van der Waals surface area contributed by atoms with Gasteiger partial charge < -0.3 is 5.32 Å². The van der Waals surface area contributed by atoms with Crippen molar-refractivity contribution < 1.29 is 0 Å². The summed E-state index contributed by atoms with van der Waals surface area (Å²) in [7, 11) is 0. The van der Waals surface area contributed by atoms with E-state index in [9.17, 15) is 0 Å². The number of aryl methyl sites for hydroxylation is 1. The molecule has 2 aromatic heterocycles. The van der Waals surface area contributed by atoms with Gasteiger partial charge in [-0.2, -0.15) is 0 Å². The number of hydrogen-bond donors (Lipinski definition) is 1. The quantitative estimate of drug-likeness (QED) is 0.789. The van der Waals surface area contributed by atoms with Crippen LogP contribution < -0.4 is 5.32 Å². The van der Waals surface area contributed by atoms with Crippen LogP contribution in [0.5, 0.6) is 0 Å². The molecule has 2 heterocycles. The number of rotatable bonds is 4. The van der Waals surface area contributed by atoms with E-state index in [1.807, 2.05) is 25.4 Å². The predicted molar refractivity (Wildman–Crippen MR) is 79.1 cm³/mol. The summed E-state index contributed by atoms with van der Waals surface area (Å²) in [6.45, 7) is 3.71. The van der Waals surface area contributed by atoms with Gasteiger partial charge in [-0.25, -0.2) is 4.98 Å². The molecule has 0 amide bonds. The maximum atomic E-state index is 4.46. The molecular weight excluding hydrogens is 254 g/mol. The fourth-order valence-electron chi connectivity index (χ4n) is 2.12. The molecule has 0 bridgehead atoms. The Morgan fingerprint density at radius 2 is 2.00 bits per heavy atom. The second-order valence-corrected chi connectivity index (χ2v) is 5.76. The van der Waals surface area contributed by atoms with E-state index < -0.39 is 0 Å². The summed E-state index contributed by atoms with van der Waals surface area (Å²) in [5.41, 5.74) is 2.32. The summed E-state index contributed by atoms with van der Waals surface area (Å²) in [5, 5.41) is 5.76.